The van der Waals surface area contributed by atoms with Gasteiger partial charge in [-0.2, -0.15) is 0 Å². The van der Waals surface area contributed by atoms with E-state index >= 15 is 0 Å². The molecule has 0 unspecified atom stereocenters. The van der Waals surface area contributed by atoms with Crippen LogP contribution in [-0.2, 0) is 6.42 Å². The number of hydrogen-bond donors (Lipinski definition) is 1. The Hall–Kier alpha value is -0.580. The number of nitrogens with zero attached hydrogens (tertiary/aromatic N) is 1. The summed E-state index contributed by atoms with van der Waals surface area (Å²) in [5.41, 5.74) is 2.76. The van der Waals surface area contributed by atoms with Gasteiger partial charge in [-0.25, -0.2) is 4.98 Å². The molecule has 0 bridgehead atoms. The molecule has 0 saturated carbocycles. The summed E-state index contributed by atoms with van der Waals surface area (Å²) in [6, 6.07) is 6.58. The van der Waals surface area contributed by atoms with E-state index in [1.54, 1.807) is 23.3 Å². The van der Waals surface area contributed by atoms with E-state index in [1.165, 1.54) is 47.9 Å². The summed E-state index contributed by atoms with van der Waals surface area (Å²) < 4.78 is 6.04. The number of rotatable bonds is 9. The highest BCUT2D eigenvalue weighted by atomic mass is 32.2. The number of unbranched alkanes of at least 4 members (excludes halogenated alkanes) is 2. The van der Waals surface area contributed by atoms with Gasteiger partial charge in [0.1, 0.15) is 0 Å². The minimum absolute atomic E-state index is 0.156. The average Bonchev–Trinajstić information content (AvgIpc) is 2.93. The van der Waals surface area contributed by atoms with E-state index in [2.05, 4.69) is 50.6 Å². The van der Waals surface area contributed by atoms with Crippen LogP contribution in [0.25, 0.3) is 10.2 Å². The summed E-state index contributed by atoms with van der Waals surface area (Å²) in [7, 11) is 0. The van der Waals surface area contributed by atoms with Crippen LogP contribution in [0.4, 0.5) is 0 Å². The molecule has 4 heteroatoms. The molecule has 0 aliphatic heterocycles. The van der Waals surface area contributed by atoms with Crippen LogP contribution in [0.15, 0.2) is 22.5 Å². The van der Waals surface area contributed by atoms with Gasteiger partial charge in [-0.15, -0.1) is 11.3 Å². The van der Waals surface area contributed by atoms with Gasteiger partial charge in [0.25, 0.3) is 0 Å². The monoisotopic (exact) mass is 336 g/mol. The van der Waals surface area contributed by atoms with Crippen molar-refractivity contribution in [3.8, 4) is 0 Å². The fourth-order valence-electron chi connectivity index (χ4n) is 2.45. The summed E-state index contributed by atoms with van der Waals surface area (Å²) in [6.45, 7) is 9.03. The smallest absolute Gasteiger partial charge is 0.166 e. The first-order chi connectivity index (χ1) is 10.6. The summed E-state index contributed by atoms with van der Waals surface area (Å²) in [6.07, 6.45) is 7.32. The Labute approximate surface area is 143 Å². The molecule has 122 valence electrons. The van der Waals surface area contributed by atoms with Crippen LogP contribution in [0, 0.1) is 0 Å². The van der Waals surface area contributed by atoms with Gasteiger partial charge in [0.05, 0.1) is 10.2 Å². The van der Waals surface area contributed by atoms with Crippen molar-refractivity contribution in [2.75, 3.05) is 0 Å². The Morgan fingerprint density at radius 2 is 1.95 bits per heavy atom. The molecule has 1 N–H and O–H groups in total. The van der Waals surface area contributed by atoms with E-state index in [1.807, 2.05) is 0 Å². The molecule has 0 amide bonds. The predicted octanol–water partition coefficient (Wildman–Crippen LogP) is 6.20. The molecule has 1 aromatic carbocycles. The van der Waals surface area contributed by atoms with Crippen LogP contribution in [-0.4, -0.2) is 10.5 Å². The molecule has 1 heterocycles. The second kappa shape index (κ2) is 8.32. The van der Waals surface area contributed by atoms with Crippen LogP contribution >= 0.6 is 23.3 Å². The maximum Gasteiger partial charge on any atom is 0.166 e. The van der Waals surface area contributed by atoms with Gasteiger partial charge in [0.15, 0.2) is 4.34 Å². The molecular weight excluding hydrogens is 308 g/mol. The van der Waals surface area contributed by atoms with Crippen molar-refractivity contribution < 1.29 is 0 Å². The van der Waals surface area contributed by atoms with Crippen molar-refractivity contribution in [1.82, 2.24) is 9.71 Å². The van der Waals surface area contributed by atoms with Crippen molar-refractivity contribution >= 4 is 33.5 Å². The molecule has 0 spiro atoms. The number of nitrogens with one attached hydrogen (secondary N) is 1. The first-order valence-electron chi connectivity index (χ1n) is 8.38. The van der Waals surface area contributed by atoms with Gasteiger partial charge in [-0.05, 0) is 56.7 Å². The Morgan fingerprint density at radius 1 is 1.18 bits per heavy atom. The molecular formula is C18H28N2S2. The lowest BCUT2D eigenvalue weighted by atomic mass is 9.99. The molecule has 0 aliphatic rings. The van der Waals surface area contributed by atoms with Gasteiger partial charge >= 0.3 is 0 Å². The summed E-state index contributed by atoms with van der Waals surface area (Å²) in [5.74, 6) is 0. The maximum atomic E-state index is 4.87. The zero-order valence-corrected chi connectivity index (χ0v) is 15.9. The molecule has 0 atom stereocenters. The van der Waals surface area contributed by atoms with Crippen LogP contribution in [0.5, 0.6) is 0 Å². The molecule has 22 heavy (non-hydrogen) atoms. The highest BCUT2D eigenvalue weighted by molar-refractivity contribution is 7.99. The largest absolute Gasteiger partial charge is 0.252 e. The fraction of sp³-hybridized carbons (Fsp3) is 0.611. The Morgan fingerprint density at radius 3 is 2.68 bits per heavy atom. The Balaban J connectivity index is 2.06. The molecule has 0 fully saturated rings. The number of aryl methyl sites for hydroxylation is 1. The van der Waals surface area contributed by atoms with Gasteiger partial charge in [-0.3, -0.25) is 4.72 Å². The summed E-state index contributed by atoms with van der Waals surface area (Å²) in [4.78, 5) is 4.87. The topological polar surface area (TPSA) is 24.9 Å². The van der Waals surface area contributed by atoms with E-state index in [0.717, 1.165) is 10.8 Å². The molecule has 0 aliphatic carbocycles. The quantitative estimate of drug-likeness (QED) is 0.551. The second-order valence-corrected chi connectivity index (χ2v) is 8.62. The first kappa shape index (κ1) is 17.8. The van der Waals surface area contributed by atoms with Crippen LogP contribution < -0.4 is 4.72 Å². The van der Waals surface area contributed by atoms with Crippen LogP contribution in [0.1, 0.15) is 65.4 Å². The minimum Gasteiger partial charge on any atom is -0.252 e. The van der Waals surface area contributed by atoms with Crippen molar-refractivity contribution in [1.29, 1.82) is 0 Å². The van der Waals surface area contributed by atoms with E-state index in [4.69, 9.17) is 4.98 Å². The molecule has 2 aromatic rings. The lowest BCUT2D eigenvalue weighted by Crippen LogP contribution is -2.33. The van der Waals surface area contributed by atoms with Gasteiger partial charge in [-0.1, -0.05) is 45.2 Å². The fourth-order valence-corrected chi connectivity index (χ4v) is 4.36. The van der Waals surface area contributed by atoms with Crippen molar-refractivity contribution in [3.05, 3.63) is 23.8 Å². The summed E-state index contributed by atoms with van der Waals surface area (Å²) >= 11 is 3.49. The Kier molecular flexibility index (Phi) is 6.72. The number of benzene rings is 1. The highest BCUT2D eigenvalue weighted by Crippen LogP contribution is 2.32. The normalized spacial score (nSPS) is 12.2. The van der Waals surface area contributed by atoms with Crippen molar-refractivity contribution in [2.24, 2.45) is 0 Å². The van der Waals surface area contributed by atoms with E-state index < -0.39 is 0 Å². The zero-order chi connectivity index (χ0) is 16.0. The minimum atomic E-state index is 0.156. The number of thiazole rings is 1. The molecule has 1 aromatic heterocycles. The number of hydrogen-bond acceptors (Lipinski definition) is 4. The van der Waals surface area contributed by atoms with E-state index in [-0.39, 0.29) is 5.54 Å². The lowest BCUT2D eigenvalue weighted by Gasteiger charge is -2.24. The van der Waals surface area contributed by atoms with Crippen LogP contribution in [0.3, 0.4) is 0 Å². The van der Waals surface area contributed by atoms with Gasteiger partial charge in [0, 0.05) is 5.54 Å². The van der Waals surface area contributed by atoms with Crippen LogP contribution in [0.2, 0.25) is 0 Å². The number of aromatic nitrogens is 1. The van der Waals surface area contributed by atoms with E-state index in [0.29, 0.717) is 0 Å². The van der Waals surface area contributed by atoms with Crippen molar-refractivity contribution in [3.63, 3.8) is 0 Å². The van der Waals surface area contributed by atoms with Gasteiger partial charge in [0.2, 0.25) is 0 Å². The predicted molar refractivity (Wildman–Crippen MR) is 101 cm³/mol. The van der Waals surface area contributed by atoms with Crippen molar-refractivity contribution in [2.45, 2.75) is 76.1 Å². The average molecular weight is 337 g/mol. The summed E-state index contributed by atoms with van der Waals surface area (Å²) in [5, 5.41) is 0. The molecule has 0 saturated heterocycles. The molecule has 2 nitrogen and oxygen atoms in total. The number of para-hydroxylation sites is 1. The number of fused-ring (bicyclic) bond motifs is 1. The lowest BCUT2D eigenvalue weighted by molar-refractivity contribution is 0.425. The highest BCUT2D eigenvalue weighted by Gasteiger charge is 2.18. The first-order valence-corrected chi connectivity index (χ1v) is 10.0. The van der Waals surface area contributed by atoms with Gasteiger partial charge < -0.3 is 0 Å². The Bertz CT molecular complexity index is 590. The van der Waals surface area contributed by atoms with E-state index in [9.17, 15) is 0 Å². The molecule has 2 rings (SSSR count). The zero-order valence-electron chi connectivity index (χ0n) is 14.2. The third kappa shape index (κ3) is 4.97. The SMILES string of the molecule is CCCCc1cccc2sc(SNC(C)(C)CCCC)nc12. The third-order valence-corrected chi connectivity index (χ3v) is 6.09. The third-order valence-electron chi connectivity index (χ3n) is 3.85. The molecule has 0 radical (unpaired) electrons. The second-order valence-electron chi connectivity index (χ2n) is 6.54. The maximum absolute atomic E-state index is 4.87. The standard InChI is InChI=1S/C18H28N2S2/c1-5-7-10-14-11-9-12-15-16(14)19-17(21-15)22-20-18(3,4)13-8-6-2/h9,11-12,20H,5-8,10,13H2,1-4H3.